The number of fused-ring (bicyclic) bond motifs is 1. The Kier molecular flexibility index (Phi) is 15.0. The molecule has 1 aliphatic heterocycles. The Morgan fingerprint density at radius 2 is 1.74 bits per heavy atom. The highest BCUT2D eigenvalue weighted by Crippen LogP contribution is 2.32. The van der Waals surface area contributed by atoms with Crippen LogP contribution < -0.4 is 15.4 Å². The van der Waals surface area contributed by atoms with Crippen LogP contribution in [0, 0.1) is 11.8 Å². The number of hydrogen-bond acceptors (Lipinski definition) is 5. The largest absolute Gasteiger partial charge is 0.495 e. The molecular formula is C33H47F3N4OS. The minimum atomic E-state index is -4.36. The molecule has 0 saturated carbocycles. The maximum absolute atomic E-state index is 13.5. The van der Waals surface area contributed by atoms with Crippen molar-refractivity contribution < 1.29 is 17.9 Å². The lowest BCUT2D eigenvalue weighted by molar-refractivity contribution is -0.140. The van der Waals surface area contributed by atoms with Gasteiger partial charge in [-0.3, -0.25) is 0 Å². The molecule has 232 valence electrons. The smallest absolute Gasteiger partial charge is 0.406 e. The fraction of sp³-hybridized carbons (Fsp3) is 0.515. The summed E-state index contributed by atoms with van der Waals surface area (Å²) < 4.78 is 47.3. The number of ether oxygens (including phenoxy) is 1. The Morgan fingerprint density at radius 3 is 2.36 bits per heavy atom. The van der Waals surface area contributed by atoms with Gasteiger partial charge in [-0.05, 0) is 74.4 Å². The number of alkyl halides is 3. The van der Waals surface area contributed by atoms with E-state index in [0.29, 0.717) is 23.0 Å². The van der Waals surface area contributed by atoms with Crippen LogP contribution in [0.3, 0.4) is 0 Å². The van der Waals surface area contributed by atoms with Crippen molar-refractivity contribution in [1.29, 1.82) is 0 Å². The summed E-state index contributed by atoms with van der Waals surface area (Å²) in [7, 11) is 1.60. The van der Waals surface area contributed by atoms with Crippen LogP contribution in [0.2, 0.25) is 0 Å². The highest BCUT2D eigenvalue weighted by atomic mass is 32.2. The van der Waals surface area contributed by atoms with Gasteiger partial charge in [0.1, 0.15) is 12.3 Å². The number of benzene rings is 2. The van der Waals surface area contributed by atoms with Gasteiger partial charge in [-0.15, -0.1) is 11.8 Å². The summed E-state index contributed by atoms with van der Waals surface area (Å²) in [5.41, 5.74) is 2.52. The number of anilines is 2. The SMILES string of the molecule is CC.CC.CCCN1CCC(Nc2cccc3c2cc(C#CCNc2ccc(SC)cc2OC)n3CC(F)(F)F)CC1. The van der Waals surface area contributed by atoms with Crippen molar-refractivity contribution in [3.8, 4) is 17.6 Å². The zero-order valence-corrected chi connectivity index (χ0v) is 26.9. The molecule has 1 saturated heterocycles. The third kappa shape index (κ3) is 10.1. The molecule has 0 bridgehead atoms. The highest BCUT2D eigenvalue weighted by molar-refractivity contribution is 7.98. The molecule has 3 aromatic rings. The second kappa shape index (κ2) is 17.9. The molecule has 0 aliphatic carbocycles. The molecule has 0 atom stereocenters. The third-order valence-electron chi connectivity index (χ3n) is 6.76. The first-order valence-electron chi connectivity index (χ1n) is 14.9. The number of nitrogens with one attached hydrogen (secondary N) is 2. The summed E-state index contributed by atoms with van der Waals surface area (Å²) in [5, 5.41) is 7.58. The summed E-state index contributed by atoms with van der Waals surface area (Å²) >= 11 is 1.62. The molecule has 0 amide bonds. The Labute approximate surface area is 254 Å². The molecule has 2 aromatic carbocycles. The number of piperidine rings is 1. The molecule has 4 rings (SSSR count). The fourth-order valence-corrected chi connectivity index (χ4v) is 5.35. The van der Waals surface area contributed by atoms with Crippen LogP contribution >= 0.6 is 11.8 Å². The van der Waals surface area contributed by atoms with Crippen molar-refractivity contribution in [2.45, 2.75) is 77.5 Å². The van der Waals surface area contributed by atoms with Crippen molar-refractivity contribution in [3.63, 3.8) is 0 Å². The number of nitrogens with zero attached hydrogens (tertiary/aromatic N) is 2. The molecule has 9 heteroatoms. The molecule has 5 nitrogen and oxygen atoms in total. The molecular weight excluding hydrogens is 557 g/mol. The van der Waals surface area contributed by atoms with Gasteiger partial charge in [0.2, 0.25) is 0 Å². The number of aromatic nitrogens is 1. The van der Waals surface area contributed by atoms with E-state index in [9.17, 15) is 13.2 Å². The van der Waals surface area contributed by atoms with E-state index in [4.69, 9.17) is 4.74 Å². The zero-order valence-electron chi connectivity index (χ0n) is 26.1. The molecule has 0 radical (unpaired) electrons. The Hall–Kier alpha value is -2.96. The van der Waals surface area contributed by atoms with Crippen molar-refractivity contribution >= 4 is 34.0 Å². The number of methoxy groups -OCH3 is 1. The van der Waals surface area contributed by atoms with Crippen molar-refractivity contribution in [2.75, 3.05) is 50.2 Å². The zero-order chi connectivity index (χ0) is 31.1. The van der Waals surface area contributed by atoms with Crippen LogP contribution in [-0.4, -0.2) is 61.2 Å². The summed E-state index contributed by atoms with van der Waals surface area (Å²) in [6.45, 7) is 12.5. The minimum Gasteiger partial charge on any atom is -0.495 e. The van der Waals surface area contributed by atoms with Crippen LogP contribution in [0.5, 0.6) is 5.75 Å². The van der Waals surface area contributed by atoms with Gasteiger partial charge >= 0.3 is 6.18 Å². The topological polar surface area (TPSA) is 41.5 Å². The second-order valence-corrected chi connectivity index (χ2v) is 10.3. The van der Waals surface area contributed by atoms with E-state index in [0.717, 1.165) is 60.6 Å². The molecule has 1 fully saturated rings. The Morgan fingerprint density at radius 1 is 1.02 bits per heavy atom. The standard InChI is InChI=1S/C29H35F3N4OS.2C2H6/c1-4-15-35-16-12-21(13-17-35)34-25-8-5-9-27-24(25)18-22(36(27)20-29(30,31)32)7-6-14-33-26-11-10-23(38-3)19-28(26)37-2;2*1-2/h5,8-11,18-19,21,33-34H,4,12-17,20H2,1-3H3;2*1-2H3. The van der Waals surface area contributed by atoms with E-state index in [1.165, 1.54) is 4.57 Å². The predicted molar refractivity (Wildman–Crippen MR) is 174 cm³/mol. The van der Waals surface area contributed by atoms with E-state index in [1.807, 2.05) is 64.3 Å². The predicted octanol–water partition coefficient (Wildman–Crippen LogP) is 8.74. The number of halogens is 3. The lowest BCUT2D eigenvalue weighted by Crippen LogP contribution is -2.39. The van der Waals surface area contributed by atoms with Crippen LogP contribution in [-0.2, 0) is 6.54 Å². The number of rotatable bonds is 9. The molecule has 0 spiro atoms. The van der Waals surface area contributed by atoms with Gasteiger partial charge in [0.15, 0.2) is 0 Å². The van der Waals surface area contributed by atoms with E-state index >= 15 is 0 Å². The fourth-order valence-electron chi connectivity index (χ4n) is 4.92. The van der Waals surface area contributed by atoms with Gasteiger partial charge < -0.3 is 24.8 Å². The van der Waals surface area contributed by atoms with Gasteiger partial charge in [-0.25, -0.2) is 0 Å². The summed E-state index contributed by atoms with van der Waals surface area (Å²) in [5.74, 6) is 6.67. The molecule has 1 aromatic heterocycles. The van der Waals surface area contributed by atoms with Gasteiger partial charge in [-0.1, -0.05) is 46.6 Å². The maximum Gasteiger partial charge on any atom is 0.406 e. The summed E-state index contributed by atoms with van der Waals surface area (Å²) in [4.78, 5) is 3.54. The Balaban J connectivity index is 0.00000148. The van der Waals surface area contributed by atoms with E-state index < -0.39 is 12.7 Å². The first-order valence-corrected chi connectivity index (χ1v) is 16.2. The minimum absolute atomic E-state index is 0.268. The highest BCUT2D eigenvalue weighted by Gasteiger charge is 2.30. The Bertz CT molecular complexity index is 1290. The van der Waals surface area contributed by atoms with Gasteiger partial charge in [0.25, 0.3) is 0 Å². The second-order valence-electron chi connectivity index (χ2n) is 9.45. The number of hydrogen-bond donors (Lipinski definition) is 2. The van der Waals surface area contributed by atoms with E-state index in [1.54, 1.807) is 31.0 Å². The molecule has 0 unspecified atom stereocenters. The average molecular weight is 605 g/mol. The summed E-state index contributed by atoms with van der Waals surface area (Å²) in [6.07, 6.45) is 0.799. The van der Waals surface area contributed by atoms with Gasteiger partial charge in [-0.2, -0.15) is 13.2 Å². The van der Waals surface area contributed by atoms with Crippen LogP contribution in [0.25, 0.3) is 10.9 Å². The first kappa shape index (κ1) is 35.2. The van der Waals surface area contributed by atoms with Gasteiger partial charge in [0, 0.05) is 35.1 Å². The van der Waals surface area contributed by atoms with E-state index in [2.05, 4.69) is 34.3 Å². The lowest BCUT2D eigenvalue weighted by Gasteiger charge is -2.32. The van der Waals surface area contributed by atoms with E-state index in [-0.39, 0.29) is 6.54 Å². The molecule has 2 N–H and O–H groups in total. The maximum atomic E-state index is 13.5. The quantitative estimate of drug-likeness (QED) is 0.189. The van der Waals surface area contributed by atoms with Gasteiger partial charge in [0.05, 0.1) is 30.6 Å². The van der Waals surface area contributed by atoms with Crippen molar-refractivity contribution in [3.05, 3.63) is 48.2 Å². The van der Waals surface area contributed by atoms with Crippen LogP contribution in [0.1, 0.15) is 59.6 Å². The molecule has 42 heavy (non-hydrogen) atoms. The monoisotopic (exact) mass is 604 g/mol. The van der Waals surface area contributed by atoms with Crippen LogP contribution in [0.4, 0.5) is 24.5 Å². The molecule has 2 heterocycles. The average Bonchev–Trinajstić information content (AvgIpc) is 3.35. The van der Waals surface area contributed by atoms with Crippen molar-refractivity contribution in [1.82, 2.24) is 9.47 Å². The number of thioether (sulfide) groups is 1. The van der Waals surface area contributed by atoms with Crippen LogP contribution in [0.15, 0.2) is 47.4 Å². The van der Waals surface area contributed by atoms with Crippen molar-refractivity contribution in [2.24, 2.45) is 0 Å². The first-order chi connectivity index (χ1) is 20.3. The normalized spacial score (nSPS) is 13.7. The number of likely N-dealkylation sites (tertiary alicyclic amines) is 1. The lowest BCUT2D eigenvalue weighted by atomic mass is 10.0. The summed E-state index contributed by atoms with van der Waals surface area (Å²) in [6, 6.07) is 13.4. The third-order valence-corrected chi connectivity index (χ3v) is 7.49. The molecule has 1 aliphatic rings.